The topological polar surface area (TPSA) is 20.3 Å². The molecule has 0 amide bonds. The number of hydrogen-bond donors (Lipinski definition) is 0. The second-order valence-electron chi connectivity index (χ2n) is 5.13. The van der Waals surface area contributed by atoms with Crippen LogP contribution >= 0.6 is 0 Å². The molecule has 0 spiro atoms. The van der Waals surface area contributed by atoms with Crippen LogP contribution in [-0.4, -0.2) is 23.8 Å². The molecule has 0 aliphatic carbocycles. The highest BCUT2D eigenvalue weighted by atomic mass is 16.1. The summed E-state index contributed by atoms with van der Waals surface area (Å²) < 4.78 is 0. The van der Waals surface area contributed by atoms with E-state index in [1.165, 1.54) is 0 Å². The standard InChI is InChI=1S/C15H23NO/c1-11(2)15(17)14(16(5)12(3)4)13-9-7-6-8-10-13/h6-12,14H,1-5H3/t14-/m0/s1. The van der Waals surface area contributed by atoms with Crippen LogP contribution in [0.1, 0.15) is 39.3 Å². The van der Waals surface area contributed by atoms with Crippen molar-refractivity contribution in [3.05, 3.63) is 35.9 Å². The van der Waals surface area contributed by atoms with Gasteiger partial charge in [0.1, 0.15) is 0 Å². The van der Waals surface area contributed by atoms with Gasteiger partial charge in [-0.25, -0.2) is 0 Å². The highest BCUT2D eigenvalue weighted by molar-refractivity contribution is 5.86. The smallest absolute Gasteiger partial charge is 0.157 e. The molecule has 0 saturated heterocycles. The van der Waals surface area contributed by atoms with E-state index in [4.69, 9.17) is 0 Å². The average molecular weight is 233 g/mol. The van der Waals surface area contributed by atoms with E-state index in [0.29, 0.717) is 6.04 Å². The van der Waals surface area contributed by atoms with Crippen LogP contribution in [0.4, 0.5) is 0 Å². The Morgan fingerprint density at radius 1 is 1.06 bits per heavy atom. The van der Waals surface area contributed by atoms with E-state index in [9.17, 15) is 4.79 Å². The SMILES string of the molecule is CC(C)C(=O)[C@H](c1ccccc1)N(C)C(C)C. The number of benzene rings is 1. The molecule has 0 fully saturated rings. The van der Waals surface area contributed by atoms with E-state index < -0.39 is 0 Å². The Labute approximate surface area is 105 Å². The molecule has 0 aromatic heterocycles. The summed E-state index contributed by atoms with van der Waals surface area (Å²) in [5.74, 6) is 0.341. The first kappa shape index (κ1) is 13.9. The van der Waals surface area contributed by atoms with Crippen LogP contribution in [0.15, 0.2) is 30.3 Å². The van der Waals surface area contributed by atoms with Crippen LogP contribution in [0.2, 0.25) is 0 Å². The molecule has 0 bridgehead atoms. The molecule has 1 atom stereocenters. The summed E-state index contributed by atoms with van der Waals surface area (Å²) in [4.78, 5) is 14.5. The van der Waals surface area contributed by atoms with Crippen LogP contribution in [0.5, 0.6) is 0 Å². The van der Waals surface area contributed by atoms with Crippen LogP contribution < -0.4 is 0 Å². The molecule has 17 heavy (non-hydrogen) atoms. The van der Waals surface area contributed by atoms with Crippen molar-refractivity contribution in [1.29, 1.82) is 0 Å². The fourth-order valence-corrected chi connectivity index (χ4v) is 1.85. The predicted octanol–water partition coefficient (Wildman–Crippen LogP) is 3.29. The Morgan fingerprint density at radius 3 is 2.00 bits per heavy atom. The summed E-state index contributed by atoms with van der Waals surface area (Å²) in [6, 6.07) is 10.2. The number of likely N-dealkylation sites (N-methyl/N-ethyl adjacent to an activating group) is 1. The number of hydrogen-bond acceptors (Lipinski definition) is 2. The molecule has 1 aromatic rings. The summed E-state index contributed by atoms with van der Waals surface area (Å²) in [6.45, 7) is 8.16. The number of nitrogens with zero attached hydrogens (tertiary/aromatic N) is 1. The van der Waals surface area contributed by atoms with E-state index >= 15 is 0 Å². The van der Waals surface area contributed by atoms with Crippen molar-refractivity contribution in [2.24, 2.45) is 5.92 Å². The van der Waals surface area contributed by atoms with E-state index in [1.54, 1.807) is 0 Å². The third-order valence-electron chi connectivity index (χ3n) is 3.18. The van der Waals surface area contributed by atoms with Crippen molar-refractivity contribution >= 4 is 5.78 Å². The lowest BCUT2D eigenvalue weighted by Crippen LogP contribution is -2.37. The van der Waals surface area contributed by atoms with Gasteiger partial charge in [-0.05, 0) is 26.5 Å². The van der Waals surface area contributed by atoms with Crippen LogP contribution in [0.3, 0.4) is 0 Å². The summed E-state index contributed by atoms with van der Waals surface area (Å²) >= 11 is 0. The van der Waals surface area contributed by atoms with Gasteiger partial charge in [0.15, 0.2) is 5.78 Å². The molecule has 0 aliphatic heterocycles. The highest BCUT2D eigenvalue weighted by Crippen LogP contribution is 2.25. The molecule has 1 rings (SSSR count). The second kappa shape index (κ2) is 5.97. The fourth-order valence-electron chi connectivity index (χ4n) is 1.85. The highest BCUT2D eigenvalue weighted by Gasteiger charge is 2.27. The van der Waals surface area contributed by atoms with Gasteiger partial charge in [-0.2, -0.15) is 0 Å². The second-order valence-corrected chi connectivity index (χ2v) is 5.13. The minimum absolute atomic E-state index is 0.0569. The molecule has 0 saturated carbocycles. The van der Waals surface area contributed by atoms with Crippen LogP contribution in [0, 0.1) is 5.92 Å². The zero-order valence-electron chi connectivity index (χ0n) is 11.5. The van der Waals surface area contributed by atoms with Crippen LogP contribution in [-0.2, 0) is 4.79 Å². The van der Waals surface area contributed by atoms with Crippen molar-refractivity contribution in [2.75, 3.05) is 7.05 Å². The van der Waals surface area contributed by atoms with Gasteiger partial charge in [0, 0.05) is 12.0 Å². The van der Waals surface area contributed by atoms with Crippen molar-refractivity contribution in [3.63, 3.8) is 0 Å². The number of ketones is 1. The predicted molar refractivity (Wildman–Crippen MR) is 71.9 cm³/mol. The summed E-state index contributed by atoms with van der Waals surface area (Å²) in [5.41, 5.74) is 1.09. The van der Waals surface area contributed by atoms with E-state index in [1.807, 2.05) is 51.2 Å². The average Bonchev–Trinajstić information content (AvgIpc) is 2.30. The maximum Gasteiger partial charge on any atom is 0.157 e. The van der Waals surface area contributed by atoms with E-state index in [-0.39, 0.29) is 17.7 Å². The summed E-state index contributed by atoms with van der Waals surface area (Å²) in [7, 11) is 2.02. The van der Waals surface area contributed by atoms with Gasteiger partial charge in [-0.3, -0.25) is 9.69 Å². The number of carbonyl (C=O) groups excluding carboxylic acids is 1. The zero-order chi connectivity index (χ0) is 13.0. The molecule has 0 heterocycles. The Morgan fingerprint density at radius 2 is 1.59 bits per heavy atom. The Balaban J connectivity index is 3.07. The summed E-state index contributed by atoms with van der Waals surface area (Å²) in [5, 5.41) is 0. The largest absolute Gasteiger partial charge is 0.297 e. The Bertz CT molecular complexity index is 356. The lowest BCUT2D eigenvalue weighted by molar-refractivity contribution is -0.127. The van der Waals surface area contributed by atoms with Gasteiger partial charge >= 0.3 is 0 Å². The van der Waals surface area contributed by atoms with Crippen molar-refractivity contribution in [3.8, 4) is 0 Å². The normalized spacial score (nSPS) is 13.4. The van der Waals surface area contributed by atoms with Gasteiger partial charge in [-0.15, -0.1) is 0 Å². The minimum atomic E-state index is -0.129. The fraction of sp³-hybridized carbons (Fsp3) is 0.533. The quantitative estimate of drug-likeness (QED) is 0.777. The molecule has 0 unspecified atom stereocenters. The lowest BCUT2D eigenvalue weighted by Gasteiger charge is -2.31. The first-order valence-corrected chi connectivity index (χ1v) is 6.25. The molecule has 94 valence electrons. The van der Waals surface area contributed by atoms with Gasteiger partial charge in [0.25, 0.3) is 0 Å². The molecule has 0 radical (unpaired) electrons. The van der Waals surface area contributed by atoms with Crippen molar-refractivity contribution < 1.29 is 4.79 Å². The third kappa shape index (κ3) is 3.40. The Hall–Kier alpha value is -1.15. The molecule has 1 aromatic carbocycles. The van der Waals surface area contributed by atoms with Gasteiger partial charge in [0.05, 0.1) is 6.04 Å². The van der Waals surface area contributed by atoms with Crippen molar-refractivity contribution in [1.82, 2.24) is 4.90 Å². The maximum atomic E-state index is 12.3. The van der Waals surface area contributed by atoms with Gasteiger partial charge in [0.2, 0.25) is 0 Å². The van der Waals surface area contributed by atoms with Gasteiger partial charge < -0.3 is 0 Å². The van der Waals surface area contributed by atoms with Crippen molar-refractivity contribution in [2.45, 2.75) is 39.8 Å². The molecular formula is C15H23NO. The monoisotopic (exact) mass is 233 g/mol. The summed E-state index contributed by atoms with van der Waals surface area (Å²) in [6.07, 6.45) is 0. The molecule has 2 heteroatoms. The third-order valence-corrected chi connectivity index (χ3v) is 3.18. The molecule has 2 nitrogen and oxygen atoms in total. The number of carbonyl (C=O) groups is 1. The van der Waals surface area contributed by atoms with Gasteiger partial charge in [-0.1, -0.05) is 44.2 Å². The number of Topliss-reactive ketones (excluding diaryl/α,β-unsaturated/α-hetero) is 1. The lowest BCUT2D eigenvalue weighted by atomic mass is 9.93. The first-order chi connectivity index (χ1) is 7.95. The number of rotatable bonds is 5. The molecular weight excluding hydrogens is 210 g/mol. The van der Waals surface area contributed by atoms with Crippen LogP contribution in [0.25, 0.3) is 0 Å². The molecule has 0 N–H and O–H groups in total. The van der Waals surface area contributed by atoms with E-state index in [0.717, 1.165) is 5.56 Å². The first-order valence-electron chi connectivity index (χ1n) is 6.25. The molecule has 0 aliphatic rings. The van der Waals surface area contributed by atoms with E-state index in [2.05, 4.69) is 18.7 Å². The zero-order valence-corrected chi connectivity index (χ0v) is 11.5. The maximum absolute atomic E-state index is 12.3. The minimum Gasteiger partial charge on any atom is -0.297 e. The Kier molecular flexibility index (Phi) is 4.88.